The molecule has 1 amide bonds. The Morgan fingerprint density at radius 3 is 2.48 bits per heavy atom. The van der Waals surface area contributed by atoms with Crippen LogP contribution in [-0.4, -0.2) is 47.2 Å². The van der Waals surface area contributed by atoms with E-state index in [4.69, 9.17) is 29.8 Å². The van der Waals surface area contributed by atoms with Gasteiger partial charge in [-0.15, -0.1) is 0 Å². The number of aliphatic hydroxyl groups excluding tert-OH is 1. The number of nitrogens with one attached hydrogen (secondary N) is 2. The summed E-state index contributed by atoms with van der Waals surface area (Å²) in [5.74, 6) is -2.14. The van der Waals surface area contributed by atoms with Gasteiger partial charge in [0.2, 0.25) is 5.90 Å². The Kier molecular flexibility index (Phi) is 12.1. The summed E-state index contributed by atoms with van der Waals surface area (Å²) in [6, 6.07) is 16.7. The minimum Gasteiger partial charge on any atom is -0.494 e. The average Bonchev–Trinajstić information content (AvgIpc) is 3.43. The first kappa shape index (κ1) is 35.8. The van der Waals surface area contributed by atoms with Gasteiger partial charge in [-0.05, 0) is 85.8 Å². The highest BCUT2D eigenvalue weighted by atomic mass is 19.1. The fourth-order valence-corrected chi connectivity index (χ4v) is 5.12. The Morgan fingerprint density at radius 2 is 1.81 bits per heavy atom. The van der Waals surface area contributed by atoms with Gasteiger partial charge in [-0.25, -0.2) is 19.2 Å². The number of amides is 1. The van der Waals surface area contributed by atoms with Crippen LogP contribution in [0.3, 0.4) is 0 Å². The van der Waals surface area contributed by atoms with Crippen LogP contribution in [0.1, 0.15) is 68.4 Å². The van der Waals surface area contributed by atoms with E-state index in [2.05, 4.69) is 20.9 Å². The molecule has 0 fully saturated rings. The summed E-state index contributed by atoms with van der Waals surface area (Å²) in [6.07, 6.45) is -1.01. The lowest BCUT2D eigenvalue weighted by atomic mass is 9.82. The van der Waals surface area contributed by atoms with Gasteiger partial charge in [-0.2, -0.15) is 0 Å². The number of carbonyl (C=O) groups excluding carboxylic acids is 2. The molecule has 0 bridgehead atoms. The summed E-state index contributed by atoms with van der Waals surface area (Å²) in [5.41, 5.74) is 13.6. The molecule has 0 radical (unpaired) electrons. The molecule has 1 aliphatic heterocycles. The standard InChI is InChI=1S/C34H38F2N6O6/c1-33(2,3)48-29(44)13-14-34(32(45)41-38-20-22-17-25(35)19-26(36)18-22)30(28-8-5-4-7-24(28)21-39-42-37)47-31(40-34)23-9-11-27(12-10-23)46-16-6-15-43/h4-5,7-12,17-19,30,38,43H,6,13-16,20-21H2,1-3H3,(H,41,45)/t30-,34-/m0/s1. The molecule has 3 N–H and O–H groups in total. The van der Waals surface area contributed by atoms with Crippen molar-refractivity contribution in [3.63, 3.8) is 0 Å². The van der Waals surface area contributed by atoms with Crippen molar-refractivity contribution in [2.24, 2.45) is 10.1 Å². The summed E-state index contributed by atoms with van der Waals surface area (Å²) >= 11 is 0. The van der Waals surface area contributed by atoms with Crippen LogP contribution in [0, 0.1) is 11.6 Å². The topological polar surface area (TPSA) is 167 Å². The molecule has 0 aliphatic carbocycles. The van der Waals surface area contributed by atoms with Crippen LogP contribution in [0.5, 0.6) is 5.75 Å². The Morgan fingerprint density at radius 1 is 1.10 bits per heavy atom. The Hall–Kier alpha value is -5.04. The predicted octanol–water partition coefficient (Wildman–Crippen LogP) is 5.74. The summed E-state index contributed by atoms with van der Waals surface area (Å²) in [4.78, 5) is 35.0. The van der Waals surface area contributed by atoms with E-state index in [0.717, 1.165) is 18.2 Å². The molecule has 3 aromatic carbocycles. The number of esters is 1. The SMILES string of the molecule is CC(C)(C)OC(=O)CC[C@]1(C(=O)NNCc2cc(F)cc(F)c2)N=C(c2ccc(OCCCO)cc2)O[C@H]1c1ccccc1CN=[N+]=[N-]. The fourth-order valence-electron chi connectivity index (χ4n) is 5.12. The zero-order valence-electron chi connectivity index (χ0n) is 26.9. The van der Waals surface area contributed by atoms with Crippen molar-refractivity contribution in [1.82, 2.24) is 10.9 Å². The van der Waals surface area contributed by atoms with Crippen molar-refractivity contribution in [3.05, 3.63) is 111 Å². The molecule has 0 saturated carbocycles. The van der Waals surface area contributed by atoms with Gasteiger partial charge >= 0.3 is 5.97 Å². The van der Waals surface area contributed by atoms with Crippen molar-refractivity contribution in [3.8, 4) is 5.75 Å². The number of halogens is 2. The van der Waals surface area contributed by atoms with Crippen LogP contribution < -0.4 is 15.6 Å². The average molecular weight is 665 g/mol. The van der Waals surface area contributed by atoms with Gasteiger partial charge in [0.15, 0.2) is 11.6 Å². The molecule has 0 saturated heterocycles. The maximum atomic E-state index is 14.3. The molecule has 4 rings (SSSR count). The highest BCUT2D eigenvalue weighted by molar-refractivity contribution is 6.01. The number of aliphatic hydroxyl groups is 1. The summed E-state index contributed by atoms with van der Waals surface area (Å²) in [7, 11) is 0. The van der Waals surface area contributed by atoms with Crippen molar-refractivity contribution in [2.45, 2.75) is 70.4 Å². The van der Waals surface area contributed by atoms with Gasteiger partial charge in [0.25, 0.3) is 5.91 Å². The quantitative estimate of drug-likeness (QED) is 0.0465. The number of hydrogen-bond donors (Lipinski definition) is 3. The van der Waals surface area contributed by atoms with Gasteiger partial charge in [0.1, 0.15) is 23.0 Å². The zero-order chi connectivity index (χ0) is 34.7. The second-order valence-corrected chi connectivity index (χ2v) is 12.0. The molecule has 0 aromatic heterocycles. The van der Waals surface area contributed by atoms with Crippen LogP contribution in [0.2, 0.25) is 0 Å². The van der Waals surface area contributed by atoms with Gasteiger partial charge < -0.3 is 19.3 Å². The lowest BCUT2D eigenvalue weighted by Crippen LogP contribution is -2.53. The van der Waals surface area contributed by atoms with E-state index in [0.29, 0.717) is 35.5 Å². The summed E-state index contributed by atoms with van der Waals surface area (Å²) in [5, 5.41) is 12.8. The monoisotopic (exact) mass is 664 g/mol. The third-order valence-electron chi connectivity index (χ3n) is 7.22. The van der Waals surface area contributed by atoms with E-state index in [1.54, 1.807) is 69.3 Å². The Bertz CT molecular complexity index is 1650. The zero-order valence-corrected chi connectivity index (χ0v) is 26.9. The number of aliphatic imine (C=N–C) groups is 1. The molecule has 3 aromatic rings. The van der Waals surface area contributed by atoms with E-state index in [1.165, 1.54) is 0 Å². The highest BCUT2D eigenvalue weighted by Gasteiger charge is 2.54. The molecule has 0 spiro atoms. The Labute approximate surface area is 276 Å². The van der Waals surface area contributed by atoms with Crippen molar-refractivity contribution in [1.29, 1.82) is 0 Å². The minimum absolute atomic E-state index is 0.00725. The first-order chi connectivity index (χ1) is 22.9. The fraction of sp³-hybridized carbons (Fsp3) is 0.382. The molecular weight excluding hydrogens is 626 g/mol. The van der Waals surface area contributed by atoms with Crippen molar-refractivity contribution in [2.75, 3.05) is 13.2 Å². The van der Waals surface area contributed by atoms with Crippen LogP contribution in [0.15, 0.2) is 76.8 Å². The molecule has 48 heavy (non-hydrogen) atoms. The molecular formula is C34H38F2N6O6. The third kappa shape index (κ3) is 9.50. The number of hydrogen-bond acceptors (Lipinski definition) is 9. The van der Waals surface area contributed by atoms with Crippen molar-refractivity contribution >= 4 is 17.8 Å². The van der Waals surface area contributed by atoms with Gasteiger partial charge in [0.05, 0.1) is 13.2 Å². The number of nitrogens with zero attached hydrogens (tertiary/aromatic N) is 4. The number of azide groups is 1. The Balaban J connectivity index is 1.75. The van der Waals surface area contributed by atoms with E-state index in [9.17, 15) is 18.4 Å². The number of carbonyl (C=O) groups is 2. The normalized spacial score (nSPS) is 17.1. The van der Waals surface area contributed by atoms with Crippen LogP contribution in [0.25, 0.3) is 10.4 Å². The van der Waals surface area contributed by atoms with Crippen LogP contribution in [-0.2, 0) is 32.2 Å². The minimum atomic E-state index is -1.77. The predicted molar refractivity (Wildman–Crippen MR) is 172 cm³/mol. The number of ether oxygens (including phenoxy) is 3. The highest BCUT2D eigenvalue weighted by Crippen LogP contribution is 2.44. The summed E-state index contributed by atoms with van der Waals surface area (Å²) in [6.45, 7) is 5.33. The number of benzene rings is 3. The molecule has 1 heterocycles. The third-order valence-corrected chi connectivity index (χ3v) is 7.22. The van der Waals surface area contributed by atoms with Gasteiger partial charge in [-0.3, -0.25) is 15.0 Å². The second kappa shape index (κ2) is 16.2. The largest absolute Gasteiger partial charge is 0.494 e. The lowest BCUT2D eigenvalue weighted by Gasteiger charge is -2.31. The van der Waals surface area contributed by atoms with Crippen LogP contribution >= 0.6 is 0 Å². The van der Waals surface area contributed by atoms with E-state index in [-0.39, 0.29) is 44.0 Å². The van der Waals surface area contributed by atoms with Gasteiger partial charge in [0, 0.05) is 42.5 Å². The molecule has 0 unspecified atom stereocenters. The molecule has 254 valence electrons. The van der Waals surface area contributed by atoms with Crippen LogP contribution in [0.4, 0.5) is 8.78 Å². The van der Waals surface area contributed by atoms with Gasteiger partial charge in [-0.1, -0.05) is 29.4 Å². The first-order valence-electron chi connectivity index (χ1n) is 15.3. The van der Waals surface area contributed by atoms with Crippen molar-refractivity contribution < 1.29 is 37.7 Å². The van der Waals surface area contributed by atoms with E-state index >= 15 is 0 Å². The number of rotatable bonds is 15. The van der Waals surface area contributed by atoms with E-state index in [1.807, 2.05) is 0 Å². The lowest BCUT2D eigenvalue weighted by molar-refractivity contribution is -0.155. The maximum absolute atomic E-state index is 14.3. The molecule has 12 nitrogen and oxygen atoms in total. The van der Waals surface area contributed by atoms with E-state index < -0.39 is 40.8 Å². The second-order valence-electron chi connectivity index (χ2n) is 12.0. The molecule has 1 aliphatic rings. The first-order valence-corrected chi connectivity index (χ1v) is 15.3. The summed E-state index contributed by atoms with van der Waals surface area (Å²) < 4.78 is 45.2. The molecule has 14 heteroatoms. The molecule has 2 atom stereocenters. The maximum Gasteiger partial charge on any atom is 0.306 e. The smallest absolute Gasteiger partial charge is 0.306 e. The number of hydrazine groups is 1.